The summed E-state index contributed by atoms with van der Waals surface area (Å²) in [6.45, 7) is 7.44. The number of esters is 2. The number of ether oxygens (including phenoxy) is 2. The Morgan fingerprint density at radius 3 is 2.29 bits per heavy atom. The first-order valence-electron chi connectivity index (χ1n) is 8.24. The second-order valence-corrected chi connectivity index (χ2v) is 6.78. The zero-order valence-corrected chi connectivity index (χ0v) is 14.0. The lowest BCUT2D eigenvalue weighted by Gasteiger charge is -2.29. The van der Waals surface area contributed by atoms with Gasteiger partial charge in [0.1, 0.15) is 5.60 Å². The Hall–Kier alpha value is -1.06. The smallest absolute Gasteiger partial charge is 0.344 e. The second-order valence-electron chi connectivity index (χ2n) is 6.78. The third-order valence-electron chi connectivity index (χ3n) is 4.59. The summed E-state index contributed by atoms with van der Waals surface area (Å²) < 4.78 is 10.8. The lowest BCUT2D eigenvalue weighted by atomic mass is 9.91. The molecule has 1 aliphatic carbocycles. The minimum atomic E-state index is -0.548. The van der Waals surface area contributed by atoms with E-state index in [1.54, 1.807) is 0 Å². The van der Waals surface area contributed by atoms with E-state index in [2.05, 4.69) is 6.92 Å². The number of carbonyl (C=O) groups excluding carboxylic acids is 2. The van der Waals surface area contributed by atoms with Crippen molar-refractivity contribution in [1.82, 2.24) is 0 Å². The van der Waals surface area contributed by atoms with Gasteiger partial charge in [-0.25, -0.2) is 4.79 Å². The number of hydrogen-bond acceptors (Lipinski definition) is 4. The molecule has 0 aliphatic heterocycles. The molecule has 0 atom stereocenters. The summed E-state index contributed by atoms with van der Waals surface area (Å²) in [6.07, 6.45) is 7.86. The van der Waals surface area contributed by atoms with Crippen molar-refractivity contribution in [3.05, 3.63) is 0 Å². The zero-order valence-electron chi connectivity index (χ0n) is 14.0. The van der Waals surface area contributed by atoms with Crippen LogP contribution in [-0.2, 0) is 19.1 Å². The van der Waals surface area contributed by atoms with Gasteiger partial charge in [-0.2, -0.15) is 0 Å². The molecule has 0 heterocycles. The van der Waals surface area contributed by atoms with Gasteiger partial charge in [0.25, 0.3) is 0 Å². The Bertz CT molecular complexity index is 354. The largest absolute Gasteiger partial charge is 0.457 e. The SMILES string of the molecule is CCCCC1(OC(=O)COC(=O)C(C)(C)CC)CCCC1. The summed E-state index contributed by atoms with van der Waals surface area (Å²) >= 11 is 0. The molecule has 1 saturated carbocycles. The van der Waals surface area contributed by atoms with Crippen molar-refractivity contribution >= 4 is 11.9 Å². The van der Waals surface area contributed by atoms with Gasteiger partial charge >= 0.3 is 11.9 Å². The topological polar surface area (TPSA) is 52.6 Å². The Labute approximate surface area is 128 Å². The lowest BCUT2D eigenvalue weighted by Crippen LogP contribution is -2.35. The number of rotatable bonds is 8. The monoisotopic (exact) mass is 298 g/mol. The van der Waals surface area contributed by atoms with Crippen molar-refractivity contribution in [2.24, 2.45) is 5.41 Å². The normalized spacial score (nSPS) is 17.5. The number of carbonyl (C=O) groups is 2. The van der Waals surface area contributed by atoms with Gasteiger partial charge in [0.15, 0.2) is 6.61 Å². The molecule has 0 amide bonds. The van der Waals surface area contributed by atoms with Gasteiger partial charge in [-0.15, -0.1) is 0 Å². The van der Waals surface area contributed by atoms with Gasteiger partial charge < -0.3 is 9.47 Å². The fourth-order valence-corrected chi connectivity index (χ4v) is 2.66. The van der Waals surface area contributed by atoms with Crippen LogP contribution in [0.1, 0.15) is 79.1 Å². The summed E-state index contributed by atoms with van der Waals surface area (Å²) in [5.41, 5.74) is -0.854. The van der Waals surface area contributed by atoms with Gasteiger partial charge in [-0.3, -0.25) is 4.79 Å². The molecule has 1 aliphatic rings. The van der Waals surface area contributed by atoms with Crippen molar-refractivity contribution in [1.29, 1.82) is 0 Å². The van der Waals surface area contributed by atoms with Crippen LogP contribution < -0.4 is 0 Å². The molecule has 122 valence electrons. The van der Waals surface area contributed by atoms with Crippen molar-refractivity contribution in [3.63, 3.8) is 0 Å². The molecule has 0 saturated heterocycles. The van der Waals surface area contributed by atoms with Gasteiger partial charge in [0, 0.05) is 0 Å². The van der Waals surface area contributed by atoms with Crippen molar-refractivity contribution in [3.8, 4) is 0 Å². The van der Waals surface area contributed by atoms with Crippen LogP contribution in [0.5, 0.6) is 0 Å². The van der Waals surface area contributed by atoms with Crippen LogP contribution in [0.2, 0.25) is 0 Å². The minimum Gasteiger partial charge on any atom is -0.457 e. The zero-order chi connectivity index (χ0) is 15.9. The molecule has 0 unspecified atom stereocenters. The molecule has 0 aromatic rings. The van der Waals surface area contributed by atoms with E-state index in [0.29, 0.717) is 6.42 Å². The summed E-state index contributed by atoms with van der Waals surface area (Å²) in [7, 11) is 0. The van der Waals surface area contributed by atoms with E-state index >= 15 is 0 Å². The molecule has 0 aromatic carbocycles. The summed E-state index contributed by atoms with van der Waals surface area (Å²) in [4.78, 5) is 23.8. The minimum absolute atomic E-state index is 0.268. The molecule has 0 radical (unpaired) electrons. The molecular formula is C17H30O4. The maximum atomic E-state index is 12.0. The fourth-order valence-electron chi connectivity index (χ4n) is 2.66. The molecule has 0 bridgehead atoms. The summed E-state index contributed by atoms with van der Waals surface area (Å²) in [5.74, 6) is -0.746. The quantitative estimate of drug-likeness (QED) is 0.635. The highest BCUT2D eigenvalue weighted by Crippen LogP contribution is 2.37. The second kappa shape index (κ2) is 7.81. The van der Waals surface area contributed by atoms with Gasteiger partial charge in [-0.05, 0) is 58.8 Å². The van der Waals surface area contributed by atoms with Crippen LogP contribution in [0, 0.1) is 5.41 Å². The molecule has 4 heteroatoms. The van der Waals surface area contributed by atoms with Crippen LogP contribution in [0.3, 0.4) is 0 Å². The molecule has 0 aromatic heterocycles. The maximum absolute atomic E-state index is 12.0. The molecule has 1 fully saturated rings. The molecule has 21 heavy (non-hydrogen) atoms. The first kappa shape index (κ1) is 18.0. The van der Waals surface area contributed by atoms with Crippen LogP contribution in [-0.4, -0.2) is 24.1 Å². The highest BCUT2D eigenvalue weighted by molar-refractivity contribution is 5.79. The highest BCUT2D eigenvalue weighted by Gasteiger charge is 2.37. The van der Waals surface area contributed by atoms with Gasteiger partial charge in [-0.1, -0.05) is 20.3 Å². The van der Waals surface area contributed by atoms with Crippen molar-refractivity contribution < 1.29 is 19.1 Å². The van der Waals surface area contributed by atoms with E-state index in [1.807, 2.05) is 20.8 Å². The Balaban J connectivity index is 2.46. The van der Waals surface area contributed by atoms with Crippen molar-refractivity contribution in [2.75, 3.05) is 6.61 Å². The van der Waals surface area contributed by atoms with Crippen LogP contribution in [0.25, 0.3) is 0 Å². The average Bonchev–Trinajstić information content (AvgIpc) is 2.91. The molecule has 4 nitrogen and oxygen atoms in total. The van der Waals surface area contributed by atoms with E-state index < -0.39 is 11.4 Å². The number of hydrogen-bond donors (Lipinski definition) is 0. The van der Waals surface area contributed by atoms with Crippen LogP contribution >= 0.6 is 0 Å². The summed E-state index contributed by atoms with van der Waals surface area (Å²) in [5, 5.41) is 0. The lowest BCUT2D eigenvalue weighted by molar-refractivity contribution is -0.174. The average molecular weight is 298 g/mol. The predicted octanol–water partition coefficient (Wildman–Crippen LogP) is 4.01. The molecule has 0 spiro atoms. The van der Waals surface area contributed by atoms with Crippen LogP contribution in [0.4, 0.5) is 0 Å². The molecular weight excluding hydrogens is 268 g/mol. The molecule has 1 rings (SSSR count). The fraction of sp³-hybridized carbons (Fsp3) is 0.882. The Kier molecular flexibility index (Phi) is 6.69. The van der Waals surface area contributed by atoms with Gasteiger partial charge in [0.05, 0.1) is 5.41 Å². The molecule has 0 N–H and O–H groups in total. The first-order chi connectivity index (χ1) is 9.85. The van der Waals surface area contributed by atoms with Crippen LogP contribution in [0.15, 0.2) is 0 Å². The van der Waals surface area contributed by atoms with E-state index in [1.165, 1.54) is 0 Å². The van der Waals surface area contributed by atoms with Gasteiger partial charge in [0.2, 0.25) is 0 Å². The standard InChI is InChI=1S/C17H30O4/c1-5-7-10-17(11-8-9-12-17)21-14(18)13-20-15(19)16(3,4)6-2/h5-13H2,1-4H3. The third kappa shape index (κ3) is 5.33. The predicted molar refractivity (Wildman–Crippen MR) is 81.8 cm³/mol. The summed E-state index contributed by atoms with van der Waals surface area (Å²) in [6, 6.07) is 0. The highest BCUT2D eigenvalue weighted by atomic mass is 16.6. The van der Waals surface area contributed by atoms with E-state index in [4.69, 9.17) is 9.47 Å². The van der Waals surface area contributed by atoms with E-state index in [-0.39, 0.29) is 18.2 Å². The Morgan fingerprint density at radius 1 is 1.14 bits per heavy atom. The first-order valence-corrected chi connectivity index (χ1v) is 8.24. The van der Waals surface area contributed by atoms with E-state index in [9.17, 15) is 9.59 Å². The number of unbranched alkanes of at least 4 members (excludes halogenated alkanes) is 1. The maximum Gasteiger partial charge on any atom is 0.344 e. The van der Waals surface area contributed by atoms with Crippen molar-refractivity contribution in [2.45, 2.75) is 84.7 Å². The Morgan fingerprint density at radius 2 is 1.76 bits per heavy atom. The third-order valence-corrected chi connectivity index (χ3v) is 4.59. The van der Waals surface area contributed by atoms with E-state index in [0.717, 1.165) is 44.9 Å².